The summed E-state index contributed by atoms with van der Waals surface area (Å²) in [6, 6.07) is 0. The fourth-order valence-electron chi connectivity index (χ4n) is 4.60. The van der Waals surface area contributed by atoms with E-state index >= 15 is 0 Å². The van der Waals surface area contributed by atoms with Gasteiger partial charge in [-0.15, -0.1) is 0 Å². The first-order valence-corrected chi connectivity index (χ1v) is 13.6. The third kappa shape index (κ3) is 13.8. The molecule has 0 bridgehead atoms. The van der Waals surface area contributed by atoms with Crippen LogP contribution in [0, 0.1) is 5.92 Å². The molecule has 0 spiro atoms. The van der Waals surface area contributed by atoms with Crippen LogP contribution in [0.5, 0.6) is 0 Å². The van der Waals surface area contributed by atoms with E-state index in [2.05, 4.69) is 6.92 Å². The zero-order chi connectivity index (χ0) is 23.4. The maximum absolute atomic E-state index is 12.2. The van der Waals surface area contributed by atoms with E-state index < -0.39 is 18.1 Å². The minimum absolute atomic E-state index is 0.271. The summed E-state index contributed by atoms with van der Waals surface area (Å²) >= 11 is 0. The lowest BCUT2D eigenvalue weighted by atomic mass is 9.92. The molecule has 1 aliphatic rings. The van der Waals surface area contributed by atoms with Crippen LogP contribution < -0.4 is 0 Å². The number of aliphatic hydroxyl groups excluding tert-OH is 1. The Kier molecular flexibility index (Phi) is 18.2. The fraction of sp³-hybridized carbons (Fsp3) is 0.963. The summed E-state index contributed by atoms with van der Waals surface area (Å²) in [7, 11) is 1.39. The molecule has 0 aromatic rings. The summed E-state index contributed by atoms with van der Waals surface area (Å²) in [6.07, 6.45) is 20.3. The molecule has 3 unspecified atom stereocenters. The van der Waals surface area contributed by atoms with Crippen molar-refractivity contribution in [2.45, 2.75) is 148 Å². The second kappa shape index (κ2) is 19.8. The molecule has 1 aliphatic heterocycles. The second-order valence-corrected chi connectivity index (χ2v) is 9.64. The highest BCUT2D eigenvalue weighted by atomic mass is 16.7. The van der Waals surface area contributed by atoms with Gasteiger partial charge < -0.3 is 19.3 Å². The van der Waals surface area contributed by atoms with Gasteiger partial charge in [-0.1, -0.05) is 96.8 Å². The first-order valence-electron chi connectivity index (χ1n) is 13.6. The van der Waals surface area contributed by atoms with Crippen molar-refractivity contribution in [1.82, 2.24) is 0 Å². The van der Waals surface area contributed by atoms with Crippen molar-refractivity contribution >= 4 is 5.97 Å². The number of carbonyl (C=O) groups excluding carboxylic acids is 1. The average molecular weight is 457 g/mol. The van der Waals surface area contributed by atoms with Gasteiger partial charge in [0.15, 0.2) is 6.29 Å². The maximum Gasteiger partial charge on any atom is 0.311 e. The van der Waals surface area contributed by atoms with Crippen molar-refractivity contribution in [3.8, 4) is 0 Å². The number of carbonyl (C=O) groups is 1. The zero-order valence-electron chi connectivity index (χ0n) is 21.3. The minimum atomic E-state index is -0.866. The van der Waals surface area contributed by atoms with Crippen LogP contribution in [0.3, 0.4) is 0 Å². The van der Waals surface area contributed by atoms with E-state index in [1.165, 1.54) is 84.2 Å². The van der Waals surface area contributed by atoms with Crippen molar-refractivity contribution in [2.75, 3.05) is 13.7 Å². The molecule has 5 heteroatoms. The number of esters is 1. The molecule has 190 valence electrons. The van der Waals surface area contributed by atoms with Gasteiger partial charge in [-0.25, -0.2) is 0 Å². The molecule has 5 nitrogen and oxygen atoms in total. The molecular formula is C27H52O5. The number of methoxy groups -OCH3 is 1. The van der Waals surface area contributed by atoms with Crippen LogP contribution in [0.2, 0.25) is 0 Å². The van der Waals surface area contributed by atoms with Crippen molar-refractivity contribution in [3.63, 3.8) is 0 Å². The van der Waals surface area contributed by atoms with Gasteiger partial charge in [-0.3, -0.25) is 4.79 Å². The van der Waals surface area contributed by atoms with Crippen LogP contribution >= 0.6 is 0 Å². The maximum atomic E-state index is 12.2. The number of rotatable bonds is 20. The Labute approximate surface area is 198 Å². The van der Waals surface area contributed by atoms with Crippen molar-refractivity contribution in [3.05, 3.63) is 0 Å². The van der Waals surface area contributed by atoms with Gasteiger partial charge in [0.05, 0.1) is 25.2 Å². The summed E-state index contributed by atoms with van der Waals surface area (Å²) in [6.45, 7) is 4.79. The van der Waals surface area contributed by atoms with Gasteiger partial charge in [0.2, 0.25) is 0 Å². The highest BCUT2D eigenvalue weighted by Gasteiger charge is 2.33. The lowest BCUT2D eigenvalue weighted by Gasteiger charge is -2.31. The topological polar surface area (TPSA) is 65.0 Å². The monoisotopic (exact) mass is 456 g/mol. The van der Waals surface area contributed by atoms with Crippen LogP contribution in [0.4, 0.5) is 0 Å². The van der Waals surface area contributed by atoms with E-state index in [-0.39, 0.29) is 12.3 Å². The molecular weight excluding hydrogens is 404 g/mol. The summed E-state index contributed by atoms with van der Waals surface area (Å²) in [4.78, 5) is 12.2. The Morgan fingerprint density at radius 2 is 1.44 bits per heavy atom. The number of hydrogen-bond donors (Lipinski definition) is 1. The van der Waals surface area contributed by atoms with Crippen LogP contribution in [-0.2, 0) is 19.0 Å². The van der Waals surface area contributed by atoms with Crippen LogP contribution in [0.25, 0.3) is 0 Å². The minimum Gasteiger partial charge on any atom is -0.469 e. The van der Waals surface area contributed by atoms with Gasteiger partial charge in [0, 0.05) is 6.61 Å². The SMILES string of the molecule is CCCCCCCCCCCCCCCCC(C(=O)OC)C(O)[C@@H](C)OC1CCCCO1. The highest BCUT2D eigenvalue weighted by Crippen LogP contribution is 2.23. The Bertz CT molecular complexity index is 436. The standard InChI is InChI=1S/C27H52O5/c1-4-5-6-7-8-9-10-11-12-13-14-15-16-17-20-24(27(29)30-3)26(28)23(2)32-25-21-18-19-22-31-25/h23-26,28H,4-22H2,1-3H3/t23-,24?,25?,26?/m1/s1. The highest BCUT2D eigenvalue weighted by molar-refractivity contribution is 5.73. The predicted molar refractivity (Wildman–Crippen MR) is 131 cm³/mol. The van der Waals surface area contributed by atoms with Gasteiger partial charge in [-0.05, 0) is 32.6 Å². The van der Waals surface area contributed by atoms with E-state index in [1.54, 1.807) is 0 Å². The van der Waals surface area contributed by atoms with Crippen LogP contribution in [-0.4, -0.2) is 43.3 Å². The van der Waals surface area contributed by atoms with Crippen molar-refractivity contribution < 1.29 is 24.1 Å². The van der Waals surface area contributed by atoms with Crippen LogP contribution in [0.15, 0.2) is 0 Å². The van der Waals surface area contributed by atoms with E-state index in [1.807, 2.05) is 6.92 Å². The Morgan fingerprint density at radius 3 is 1.91 bits per heavy atom. The molecule has 0 aromatic heterocycles. The molecule has 1 rings (SSSR count). The Morgan fingerprint density at radius 1 is 0.906 bits per heavy atom. The summed E-state index contributed by atoms with van der Waals surface area (Å²) in [5.41, 5.74) is 0. The third-order valence-electron chi connectivity index (χ3n) is 6.77. The van der Waals surface area contributed by atoms with Gasteiger partial charge in [-0.2, -0.15) is 0 Å². The molecule has 1 N–H and O–H groups in total. The Balaban J connectivity index is 2.10. The number of aliphatic hydroxyl groups is 1. The normalized spacial score (nSPS) is 19.4. The molecule has 0 saturated carbocycles. The Hall–Kier alpha value is -0.650. The molecule has 32 heavy (non-hydrogen) atoms. The lowest BCUT2D eigenvalue weighted by Crippen LogP contribution is -2.41. The van der Waals surface area contributed by atoms with E-state index in [0.717, 1.165) is 32.1 Å². The fourth-order valence-corrected chi connectivity index (χ4v) is 4.60. The quantitative estimate of drug-likeness (QED) is 0.159. The molecule has 4 atom stereocenters. The first kappa shape index (κ1) is 29.4. The zero-order valence-corrected chi connectivity index (χ0v) is 21.3. The molecule has 0 radical (unpaired) electrons. The molecule has 0 aliphatic carbocycles. The summed E-state index contributed by atoms with van der Waals surface area (Å²) in [5, 5.41) is 10.7. The average Bonchev–Trinajstić information content (AvgIpc) is 2.81. The number of ether oxygens (including phenoxy) is 3. The first-order chi connectivity index (χ1) is 15.6. The number of unbranched alkanes of at least 4 members (excludes halogenated alkanes) is 13. The van der Waals surface area contributed by atoms with Crippen molar-refractivity contribution in [1.29, 1.82) is 0 Å². The molecule has 0 aromatic carbocycles. The van der Waals surface area contributed by atoms with Gasteiger partial charge >= 0.3 is 5.97 Å². The van der Waals surface area contributed by atoms with Crippen LogP contribution in [0.1, 0.15) is 129 Å². The number of hydrogen-bond acceptors (Lipinski definition) is 5. The van der Waals surface area contributed by atoms with E-state index in [9.17, 15) is 9.90 Å². The molecule has 1 heterocycles. The molecule has 1 fully saturated rings. The van der Waals surface area contributed by atoms with Gasteiger partial charge in [0.25, 0.3) is 0 Å². The molecule has 1 saturated heterocycles. The largest absolute Gasteiger partial charge is 0.469 e. The van der Waals surface area contributed by atoms with E-state index in [4.69, 9.17) is 14.2 Å². The third-order valence-corrected chi connectivity index (χ3v) is 6.77. The smallest absolute Gasteiger partial charge is 0.311 e. The van der Waals surface area contributed by atoms with Crippen molar-refractivity contribution in [2.24, 2.45) is 5.92 Å². The van der Waals surface area contributed by atoms with E-state index in [0.29, 0.717) is 13.0 Å². The predicted octanol–water partition coefficient (Wildman–Crippen LogP) is 6.94. The second-order valence-electron chi connectivity index (χ2n) is 9.64. The molecule has 0 amide bonds. The lowest BCUT2D eigenvalue weighted by molar-refractivity contribution is -0.209. The van der Waals surface area contributed by atoms with Gasteiger partial charge in [0.1, 0.15) is 0 Å². The summed E-state index contributed by atoms with van der Waals surface area (Å²) in [5.74, 6) is -0.872. The summed E-state index contributed by atoms with van der Waals surface area (Å²) < 4.78 is 16.4.